The van der Waals surface area contributed by atoms with E-state index in [1.807, 2.05) is 19.1 Å². The Labute approximate surface area is 317 Å². The molecule has 2 aliphatic carbocycles. The number of nitrogens with one attached hydrogen (secondary N) is 3. The molecule has 3 N–H and O–H groups in total. The molecule has 292 valence electrons. The highest BCUT2D eigenvalue weighted by Gasteiger charge is 2.63. The van der Waals surface area contributed by atoms with E-state index in [9.17, 15) is 36.4 Å². The number of fused-ring (bicyclic) bond motifs is 3. The number of amides is 4. The lowest BCUT2D eigenvalue weighted by molar-refractivity contribution is -0.141. The summed E-state index contributed by atoms with van der Waals surface area (Å²) in [4.78, 5) is 70.0. The predicted octanol–water partition coefficient (Wildman–Crippen LogP) is 3.41. The van der Waals surface area contributed by atoms with E-state index < -0.39 is 79.7 Å². The average Bonchev–Trinajstić information content (AvgIpc) is 4.03. The smallest absolute Gasteiger partial charge is 0.259 e. The summed E-state index contributed by atoms with van der Waals surface area (Å²) in [5, 5.41) is 5.48. The fraction of sp³-hybridized carbons (Fsp3) is 0.500. The Balaban J connectivity index is 1.21. The maximum Gasteiger partial charge on any atom is 0.259 e. The van der Waals surface area contributed by atoms with E-state index in [2.05, 4.69) is 30.3 Å². The molecule has 4 amide bonds. The zero-order valence-electron chi connectivity index (χ0n) is 30.5. The lowest BCUT2D eigenvalue weighted by Gasteiger charge is -2.30. The van der Waals surface area contributed by atoms with Crippen molar-refractivity contribution in [2.45, 2.75) is 107 Å². The summed E-state index contributed by atoms with van der Waals surface area (Å²) in [6, 6.07) is 3.16. The van der Waals surface area contributed by atoms with Crippen molar-refractivity contribution >= 4 is 44.7 Å². The summed E-state index contributed by atoms with van der Waals surface area (Å²) in [5.41, 5.74) is -1.16. The van der Waals surface area contributed by atoms with Crippen LogP contribution in [0.15, 0.2) is 48.8 Å². The van der Waals surface area contributed by atoms with Crippen molar-refractivity contribution in [3.8, 4) is 5.88 Å². The van der Waals surface area contributed by atoms with Gasteiger partial charge >= 0.3 is 0 Å². The second-order valence-corrected chi connectivity index (χ2v) is 17.2. The Morgan fingerprint density at radius 1 is 1.09 bits per heavy atom. The third-order valence-electron chi connectivity index (χ3n) is 11.1. The molecule has 1 aromatic carbocycles. The number of para-hydroxylation sites is 1. The molecule has 0 radical (unpaired) electrons. The normalized spacial score (nSPS) is 27.1. The van der Waals surface area contributed by atoms with E-state index in [0.29, 0.717) is 56.2 Å². The third-order valence-corrected chi connectivity index (χ3v) is 13.3. The maximum absolute atomic E-state index is 14.8. The minimum Gasteiger partial charge on any atom is -0.471 e. The van der Waals surface area contributed by atoms with Gasteiger partial charge in [0.25, 0.3) is 11.8 Å². The van der Waals surface area contributed by atoms with Gasteiger partial charge in [-0.3, -0.25) is 28.9 Å². The molecule has 2 aliphatic heterocycles. The van der Waals surface area contributed by atoms with Crippen LogP contribution in [0.25, 0.3) is 11.0 Å². The van der Waals surface area contributed by atoms with Crippen molar-refractivity contribution < 1.29 is 41.1 Å². The number of hydrogen-bond donors (Lipinski definition) is 3. The van der Waals surface area contributed by atoms with E-state index >= 15 is 0 Å². The van der Waals surface area contributed by atoms with Gasteiger partial charge in [-0.2, -0.15) is 0 Å². The molecule has 2 aromatic heterocycles. The first-order chi connectivity index (χ1) is 26.2. The lowest BCUT2D eigenvalue weighted by Crippen LogP contribution is -2.58. The number of halogens is 2. The molecule has 7 rings (SSSR count). The van der Waals surface area contributed by atoms with Crippen LogP contribution in [0.2, 0.25) is 0 Å². The zero-order valence-corrected chi connectivity index (χ0v) is 31.3. The van der Waals surface area contributed by atoms with Gasteiger partial charge in [0.2, 0.25) is 27.7 Å². The quantitative estimate of drug-likeness (QED) is 0.286. The first-order valence-corrected chi connectivity index (χ1v) is 20.1. The lowest BCUT2D eigenvalue weighted by atomic mass is 10.0. The van der Waals surface area contributed by atoms with Gasteiger partial charge in [0, 0.05) is 18.5 Å². The summed E-state index contributed by atoms with van der Waals surface area (Å²) in [6.07, 6.45) is 8.91. The fourth-order valence-electron chi connectivity index (χ4n) is 7.29. The van der Waals surface area contributed by atoms with Gasteiger partial charge in [0.15, 0.2) is 11.6 Å². The number of rotatable bonds is 8. The number of nitrogens with zero attached hydrogens (tertiary/aromatic N) is 4. The van der Waals surface area contributed by atoms with Gasteiger partial charge in [0.1, 0.15) is 34.9 Å². The summed E-state index contributed by atoms with van der Waals surface area (Å²) < 4.78 is 63.1. The highest BCUT2D eigenvalue weighted by Crippen LogP contribution is 2.47. The van der Waals surface area contributed by atoms with Crippen molar-refractivity contribution in [3.05, 3.63) is 71.7 Å². The van der Waals surface area contributed by atoms with Gasteiger partial charge in [-0.05, 0) is 70.1 Å². The number of allylic oxidation sites excluding steroid dienone is 1. The molecule has 17 heteroatoms. The van der Waals surface area contributed by atoms with Crippen LogP contribution in [0, 0.1) is 17.6 Å². The topological polar surface area (TPSA) is 190 Å². The van der Waals surface area contributed by atoms with Crippen LogP contribution in [-0.2, 0) is 30.8 Å². The number of aryl methyl sites for hydroxylation is 1. The molecule has 3 fully saturated rings. The van der Waals surface area contributed by atoms with Crippen molar-refractivity contribution in [1.82, 2.24) is 35.2 Å². The van der Waals surface area contributed by atoms with Gasteiger partial charge < -0.3 is 20.3 Å². The Kier molecular flexibility index (Phi) is 10.3. The summed E-state index contributed by atoms with van der Waals surface area (Å²) in [5.74, 6) is -5.01. The molecule has 14 nitrogen and oxygen atoms in total. The van der Waals surface area contributed by atoms with E-state index in [-0.39, 0.29) is 42.8 Å². The molecule has 0 bridgehead atoms. The number of sulfonamides is 1. The van der Waals surface area contributed by atoms with E-state index in [4.69, 9.17) is 4.74 Å². The number of hydrogen-bond acceptors (Lipinski definition) is 10. The first kappa shape index (κ1) is 38.2. The summed E-state index contributed by atoms with van der Waals surface area (Å²) in [6.45, 7) is 3.21. The number of pyridine rings is 1. The molecule has 55 heavy (non-hydrogen) atoms. The maximum atomic E-state index is 14.8. The van der Waals surface area contributed by atoms with Crippen LogP contribution in [0.1, 0.15) is 87.7 Å². The highest BCUT2D eigenvalue weighted by molar-refractivity contribution is 7.91. The van der Waals surface area contributed by atoms with Crippen LogP contribution < -0.4 is 20.1 Å². The number of carbonyl (C=O) groups excluding carboxylic acids is 4. The van der Waals surface area contributed by atoms with Crippen LogP contribution in [-0.4, -0.2) is 86.9 Å². The average molecular weight is 780 g/mol. The molecule has 4 aliphatic rings. The van der Waals surface area contributed by atoms with Gasteiger partial charge in [-0.1, -0.05) is 38.0 Å². The van der Waals surface area contributed by atoms with Crippen molar-refractivity contribution in [1.29, 1.82) is 0 Å². The number of aromatic nitrogens is 3. The van der Waals surface area contributed by atoms with Crippen molar-refractivity contribution in [2.24, 2.45) is 5.92 Å². The minimum atomic E-state index is -4.04. The van der Waals surface area contributed by atoms with Crippen molar-refractivity contribution in [2.75, 3.05) is 6.54 Å². The molecule has 0 spiro atoms. The Hall–Kier alpha value is -5.06. The monoisotopic (exact) mass is 779 g/mol. The minimum absolute atomic E-state index is 0.0155. The molecule has 1 unspecified atom stereocenters. The van der Waals surface area contributed by atoms with E-state index in [0.717, 1.165) is 6.20 Å². The molecular formula is C38H43F2N7O7S. The highest BCUT2D eigenvalue weighted by atomic mass is 32.2. The number of ether oxygens (including phenoxy) is 1. The SMILES string of the molecule is CCc1nc2cccc(F)c2nc1O[C@@H]1C[C@H]2C(=O)N[C@]3(C(=O)NS(=O)(=O)C4(C)CC4)CC3/C=C\CCCCC[C@H](NC(=O)c3ccncc3F)C(=O)N2C1. The largest absolute Gasteiger partial charge is 0.471 e. The molecule has 1 saturated heterocycles. The number of benzene rings is 1. The predicted molar refractivity (Wildman–Crippen MR) is 195 cm³/mol. The fourth-order valence-corrected chi connectivity index (χ4v) is 8.60. The van der Waals surface area contributed by atoms with Gasteiger partial charge in [-0.25, -0.2) is 27.2 Å². The van der Waals surface area contributed by atoms with E-state index in [1.165, 1.54) is 29.3 Å². The Morgan fingerprint density at radius 3 is 2.64 bits per heavy atom. The van der Waals surface area contributed by atoms with Crippen LogP contribution in [0.5, 0.6) is 5.88 Å². The summed E-state index contributed by atoms with van der Waals surface area (Å²) >= 11 is 0. The molecular weight excluding hydrogens is 737 g/mol. The summed E-state index contributed by atoms with van der Waals surface area (Å²) in [7, 11) is -4.04. The van der Waals surface area contributed by atoms with Crippen LogP contribution >= 0.6 is 0 Å². The van der Waals surface area contributed by atoms with Crippen LogP contribution in [0.4, 0.5) is 8.78 Å². The first-order valence-electron chi connectivity index (χ1n) is 18.6. The van der Waals surface area contributed by atoms with Gasteiger partial charge in [-0.15, -0.1) is 0 Å². The Morgan fingerprint density at radius 2 is 1.89 bits per heavy atom. The number of carbonyl (C=O) groups is 4. The molecule has 5 atom stereocenters. The van der Waals surface area contributed by atoms with Crippen molar-refractivity contribution in [3.63, 3.8) is 0 Å². The molecule has 2 saturated carbocycles. The third kappa shape index (κ3) is 7.62. The zero-order chi connectivity index (χ0) is 39.1. The molecule has 4 heterocycles. The Bertz CT molecular complexity index is 2180. The molecule has 3 aromatic rings. The standard InChI is InChI=1S/C38H43F2N7O7S/c1-3-27-34(44-31-25(39)11-9-13-28(31)42-27)54-23-18-30-33(49)45-38(36(51)46-55(52,53)37(2)15-16-37)19-22(38)10-7-5-4-6-8-12-29(35(50)47(30)21-23)43-32(48)24-14-17-41-20-26(24)40/h7,9-11,13-14,17,20,22-23,29-30H,3-6,8,12,15-16,18-19,21H2,1-2H3,(H,43,48)(H,45,49)(H,46,51)/b10-7-/t22?,23-,29+,30+,38-/m1/s1. The second-order valence-electron chi connectivity index (χ2n) is 15.0. The van der Waals surface area contributed by atoms with Crippen LogP contribution in [0.3, 0.4) is 0 Å². The van der Waals surface area contributed by atoms with E-state index in [1.54, 1.807) is 13.0 Å². The second kappa shape index (κ2) is 14.9. The van der Waals surface area contributed by atoms with Gasteiger partial charge in [0.05, 0.1) is 28.6 Å².